The normalized spacial score (nSPS) is 13.4. The van der Waals surface area contributed by atoms with Crippen LogP contribution in [0.1, 0.15) is 35.0 Å². The standard InChI is InChI=1S/C18H19NO4S/c1-2-5-11(18(21)22)9-19-17(20)15-8-12-10-23-14-7-4-3-6-13(14)16(12)24-15/h3-4,6-8,11H,2,5,9-10H2,1H3,(H,19,20)(H,21,22). The first-order valence-corrected chi connectivity index (χ1v) is 8.77. The molecule has 0 bridgehead atoms. The summed E-state index contributed by atoms with van der Waals surface area (Å²) in [6, 6.07) is 9.60. The van der Waals surface area contributed by atoms with Crippen LogP contribution in [0.3, 0.4) is 0 Å². The number of amides is 1. The molecule has 0 saturated carbocycles. The molecule has 1 aromatic carbocycles. The topological polar surface area (TPSA) is 75.6 Å². The van der Waals surface area contributed by atoms with Gasteiger partial charge in [0.2, 0.25) is 0 Å². The lowest BCUT2D eigenvalue weighted by atomic mass is 10.0. The van der Waals surface area contributed by atoms with Crippen LogP contribution in [0.15, 0.2) is 30.3 Å². The molecule has 2 N–H and O–H groups in total. The van der Waals surface area contributed by atoms with Gasteiger partial charge in [-0.3, -0.25) is 9.59 Å². The number of benzene rings is 1. The third-order valence-corrected chi connectivity index (χ3v) is 5.25. The first kappa shape index (κ1) is 16.5. The molecule has 0 saturated heterocycles. The van der Waals surface area contributed by atoms with Gasteiger partial charge in [0.25, 0.3) is 5.91 Å². The quantitative estimate of drug-likeness (QED) is 0.840. The van der Waals surface area contributed by atoms with Crippen LogP contribution in [0.5, 0.6) is 5.75 Å². The maximum absolute atomic E-state index is 12.4. The van der Waals surface area contributed by atoms with Crippen molar-refractivity contribution in [1.82, 2.24) is 5.32 Å². The number of carboxylic acids is 1. The molecular weight excluding hydrogens is 326 g/mol. The van der Waals surface area contributed by atoms with E-state index in [1.54, 1.807) is 0 Å². The highest BCUT2D eigenvalue weighted by Crippen LogP contribution is 2.42. The second kappa shape index (κ2) is 7.05. The largest absolute Gasteiger partial charge is 0.488 e. The first-order valence-electron chi connectivity index (χ1n) is 7.96. The van der Waals surface area contributed by atoms with Crippen LogP contribution in [0.2, 0.25) is 0 Å². The minimum atomic E-state index is -0.870. The third kappa shape index (κ3) is 3.28. The Balaban J connectivity index is 1.74. The van der Waals surface area contributed by atoms with Crippen molar-refractivity contribution in [3.8, 4) is 16.2 Å². The van der Waals surface area contributed by atoms with Crippen LogP contribution in [0.4, 0.5) is 0 Å². The monoisotopic (exact) mass is 345 g/mol. The van der Waals surface area contributed by atoms with Crippen LogP contribution < -0.4 is 10.1 Å². The number of carboxylic acid groups (broad SMARTS) is 1. The van der Waals surface area contributed by atoms with Gasteiger partial charge in [-0.1, -0.05) is 25.5 Å². The zero-order valence-electron chi connectivity index (χ0n) is 13.4. The lowest BCUT2D eigenvalue weighted by molar-refractivity contribution is -0.141. The summed E-state index contributed by atoms with van der Waals surface area (Å²) in [5, 5.41) is 11.9. The highest BCUT2D eigenvalue weighted by atomic mass is 32.1. The van der Waals surface area contributed by atoms with Gasteiger partial charge in [-0.2, -0.15) is 0 Å². The number of aliphatic carboxylic acids is 1. The molecule has 3 rings (SSSR count). The molecule has 0 spiro atoms. The fourth-order valence-electron chi connectivity index (χ4n) is 2.78. The Bertz CT molecular complexity index is 768. The van der Waals surface area contributed by atoms with Gasteiger partial charge in [0.15, 0.2) is 0 Å². The second-order valence-electron chi connectivity index (χ2n) is 5.78. The summed E-state index contributed by atoms with van der Waals surface area (Å²) in [4.78, 5) is 25.2. The smallest absolute Gasteiger partial charge is 0.308 e. The van der Waals surface area contributed by atoms with Gasteiger partial charge in [0.1, 0.15) is 12.4 Å². The van der Waals surface area contributed by atoms with Crippen molar-refractivity contribution in [3.63, 3.8) is 0 Å². The van der Waals surface area contributed by atoms with Gasteiger partial charge in [-0.15, -0.1) is 11.3 Å². The van der Waals surface area contributed by atoms with Crippen LogP contribution in [-0.4, -0.2) is 23.5 Å². The molecule has 1 aliphatic heterocycles. The molecule has 1 unspecified atom stereocenters. The van der Waals surface area contributed by atoms with Crippen molar-refractivity contribution < 1.29 is 19.4 Å². The van der Waals surface area contributed by atoms with Crippen molar-refractivity contribution in [2.24, 2.45) is 5.92 Å². The summed E-state index contributed by atoms with van der Waals surface area (Å²) in [6.07, 6.45) is 1.33. The SMILES string of the molecule is CCCC(CNC(=O)c1cc2c(s1)-c1ccccc1OC2)C(=O)O. The van der Waals surface area contributed by atoms with Gasteiger partial charge < -0.3 is 15.2 Å². The summed E-state index contributed by atoms with van der Waals surface area (Å²) in [6.45, 7) is 2.53. The molecule has 1 atom stereocenters. The number of para-hydroxylation sites is 1. The minimum Gasteiger partial charge on any atom is -0.488 e. The molecule has 2 heterocycles. The van der Waals surface area contributed by atoms with E-state index in [1.807, 2.05) is 37.3 Å². The second-order valence-corrected chi connectivity index (χ2v) is 6.84. The number of fused-ring (bicyclic) bond motifs is 3. The Hall–Kier alpha value is -2.34. The number of hydrogen-bond acceptors (Lipinski definition) is 4. The summed E-state index contributed by atoms with van der Waals surface area (Å²) in [5.41, 5.74) is 1.99. The lowest BCUT2D eigenvalue weighted by Gasteiger charge is -2.16. The maximum atomic E-state index is 12.4. The fraction of sp³-hybridized carbons (Fsp3) is 0.333. The molecule has 24 heavy (non-hydrogen) atoms. The van der Waals surface area contributed by atoms with E-state index in [9.17, 15) is 9.59 Å². The van der Waals surface area contributed by atoms with E-state index >= 15 is 0 Å². The number of ether oxygens (including phenoxy) is 1. The van der Waals surface area contributed by atoms with Crippen molar-refractivity contribution in [3.05, 3.63) is 40.8 Å². The Morgan fingerprint density at radius 3 is 2.92 bits per heavy atom. The summed E-state index contributed by atoms with van der Waals surface area (Å²) in [5.74, 6) is -0.815. The van der Waals surface area contributed by atoms with Crippen LogP contribution in [0.25, 0.3) is 10.4 Å². The van der Waals surface area contributed by atoms with Gasteiger partial charge in [-0.05, 0) is 24.6 Å². The first-order chi connectivity index (χ1) is 11.6. The predicted molar refractivity (Wildman–Crippen MR) is 92.5 cm³/mol. The Morgan fingerprint density at radius 2 is 2.17 bits per heavy atom. The van der Waals surface area contributed by atoms with Crippen LogP contribution >= 0.6 is 11.3 Å². The Morgan fingerprint density at radius 1 is 1.38 bits per heavy atom. The zero-order valence-corrected chi connectivity index (χ0v) is 14.2. The molecule has 0 radical (unpaired) electrons. The predicted octanol–water partition coefficient (Wildman–Crippen LogP) is 3.54. The number of hydrogen-bond donors (Lipinski definition) is 2. The summed E-state index contributed by atoms with van der Waals surface area (Å²) in [7, 11) is 0. The van der Waals surface area contributed by atoms with Gasteiger partial charge in [0.05, 0.1) is 10.8 Å². The summed E-state index contributed by atoms with van der Waals surface area (Å²) >= 11 is 1.42. The Labute approximate surface area is 144 Å². The highest BCUT2D eigenvalue weighted by Gasteiger charge is 2.23. The lowest BCUT2D eigenvalue weighted by Crippen LogP contribution is -2.32. The number of rotatable bonds is 6. The average Bonchev–Trinajstić information content (AvgIpc) is 3.03. The van der Waals surface area contributed by atoms with Crippen molar-refractivity contribution in [1.29, 1.82) is 0 Å². The molecule has 2 aromatic rings. The van der Waals surface area contributed by atoms with Gasteiger partial charge in [-0.25, -0.2) is 0 Å². The molecule has 1 amide bonds. The van der Waals surface area contributed by atoms with E-state index in [0.717, 1.165) is 28.2 Å². The van der Waals surface area contributed by atoms with Gasteiger partial charge in [0, 0.05) is 22.5 Å². The van der Waals surface area contributed by atoms with E-state index < -0.39 is 11.9 Å². The zero-order chi connectivity index (χ0) is 17.1. The molecular formula is C18H19NO4S. The molecule has 5 nitrogen and oxygen atoms in total. The maximum Gasteiger partial charge on any atom is 0.308 e. The molecule has 1 aromatic heterocycles. The molecule has 0 aliphatic carbocycles. The number of nitrogens with one attached hydrogen (secondary N) is 1. The Kier molecular flexibility index (Phi) is 4.85. The third-order valence-electron chi connectivity index (χ3n) is 4.04. The van der Waals surface area contributed by atoms with Crippen LogP contribution in [0, 0.1) is 5.92 Å². The molecule has 0 fully saturated rings. The minimum absolute atomic E-state index is 0.150. The van der Waals surface area contributed by atoms with E-state index in [2.05, 4.69) is 5.32 Å². The molecule has 126 valence electrons. The number of carbonyl (C=O) groups is 2. The van der Waals surface area contributed by atoms with Gasteiger partial charge >= 0.3 is 5.97 Å². The number of carbonyl (C=O) groups excluding carboxylic acids is 1. The number of thiophene rings is 1. The van der Waals surface area contributed by atoms with E-state index in [1.165, 1.54) is 11.3 Å². The van der Waals surface area contributed by atoms with E-state index in [4.69, 9.17) is 9.84 Å². The highest BCUT2D eigenvalue weighted by molar-refractivity contribution is 7.17. The van der Waals surface area contributed by atoms with Crippen molar-refractivity contribution >= 4 is 23.2 Å². The van der Waals surface area contributed by atoms with Crippen molar-refractivity contribution in [2.45, 2.75) is 26.4 Å². The average molecular weight is 345 g/mol. The van der Waals surface area contributed by atoms with E-state index in [-0.39, 0.29) is 12.5 Å². The van der Waals surface area contributed by atoms with Crippen LogP contribution in [-0.2, 0) is 11.4 Å². The fourth-order valence-corrected chi connectivity index (χ4v) is 3.89. The van der Waals surface area contributed by atoms with E-state index in [0.29, 0.717) is 17.9 Å². The van der Waals surface area contributed by atoms with Crippen molar-refractivity contribution in [2.75, 3.05) is 6.54 Å². The molecule has 6 heteroatoms. The molecule has 1 aliphatic rings. The summed E-state index contributed by atoms with van der Waals surface area (Å²) < 4.78 is 5.70.